The first kappa shape index (κ1) is 14.5. The van der Waals surface area contributed by atoms with Gasteiger partial charge in [-0.05, 0) is 32.2 Å². The van der Waals surface area contributed by atoms with Crippen molar-refractivity contribution in [3.63, 3.8) is 0 Å². The number of nitrogens with one attached hydrogen (secondary N) is 1. The largest absolute Gasteiger partial charge is 0.458 e. The van der Waals surface area contributed by atoms with Crippen LogP contribution in [0, 0.1) is 0 Å². The van der Waals surface area contributed by atoms with Crippen molar-refractivity contribution >= 4 is 0 Å². The first-order valence-electron chi connectivity index (χ1n) is 7.26. The van der Waals surface area contributed by atoms with Crippen LogP contribution in [-0.2, 0) is 13.0 Å². The summed E-state index contributed by atoms with van der Waals surface area (Å²) >= 11 is 0. The molecule has 0 aliphatic rings. The second-order valence-corrected chi connectivity index (χ2v) is 5.40. The molecule has 0 spiro atoms. The van der Waals surface area contributed by atoms with E-state index >= 15 is 0 Å². The summed E-state index contributed by atoms with van der Waals surface area (Å²) in [6.07, 6.45) is 7.81. The van der Waals surface area contributed by atoms with E-state index in [4.69, 9.17) is 4.42 Å². The highest BCUT2D eigenvalue weighted by molar-refractivity contribution is 5.51. The maximum absolute atomic E-state index is 5.86. The molecule has 0 radical (unpaired) electrons. The van der Waals surface area contributed by atoms with Crippen LogP contribution in [-0.4, -0.2) is 38.2 Å². The number of likely N-dealkylation sites (N-methyl/N-ethyl adjacent to an activating group) is 1. The number of furan rings is 1. The van der Waals surface area contributed by atoms with E-state index in [1.54, 1.807) is 18.6 Å². The summed E-state index contributed by atoms with van der Waals surface area (Å²) in [5, 5.41) is 6.84. The molecule has 3 aromatic rings. The number of rotatable bonds is 6. The second-order valence-electron chi connectivity index (χ2n) is 5.40. The Morgan fingerprint density at radius 3 is 2.86 bits per heavy atom. The average molecular weight is 297 g/mol. The normalized spacial score (nSPS) is 12.7. The molecule has 3 aromatic heterocycles. The van der Waals surface area contributed by atoms with Gasteiger partial charge in [0, 0.05) is 37.3 Å². The number of aromatic nitrogens is 4. The molecule has 3 heterocycles. The van der Waals surface area contributed by atoms with Crippen LogP contribution in [0.2, 0.25) is 0 Å². The fourth-order valence-corrected chi connectivity index (χ4v) is 2.30. The zero-order chi connectivity index (χ0) is 15.4. The lowest BCUT2D eigenvalue weighted by molar-refractivity contribution is 0.228. The van der Waals surface area contributed by atoms with E-state index in [-0.39, 0.29) is 0 Å². The molecule has 0 fully saturated rings. The lowest BCUT2D eigenvalue weighted by Gasteiger charge is -2.23. The predicted molar refractivity (Wildman–Crippen MR) is 83.0 cm³/mol. The van der Waals surface area contributed by atoms with Gasteiger partial charge in [-0.2, -0.15) is 5.10 Å². The molecule has 6 heteroatoms. The Balaban J connectivity index is 1.60. The zero-order valence-electron chi connectivity index (χ0n) is 12.7. The topological polar surface area (TPSA) is 70.8 Å². The highest BCUT2D eigenvalue weighted by Gasteiger charge is 2.14. The maximum atomic E-state index is 5.86. The van der Waals surface area contributed by atoms with Crippen LogP contribution in [0.4, 0.5) is 0 Å². The minimum Gasteiger partial charge on any atom is -0.458 e. The summed E-state index contributed by atoms with van der Waals surface area (Å²) in [7, 11) is 2.08. The van der Waals surface area contributed by atoms with Crippen LogP contribution in [0.1, 0.15) is 18.4 Å². The zero-order valence-corrected chi connectivity index (χ0v) is 12.7. The lowest BCUT2D eigenvalue weighted by Crippen LogP contribution is -2.30. The van der Waals surface area contributed by atoms with E-state index in [0.29, 0.717) is 6.04 Å². The van der Waals surface area contributed by atoms with Crippen LogP contribution < -0.4 is 0 Å². The van der Waals surface area contributed by atoms with Gasteiger partial charge >= 0.3 is 0 Å². The van der Waals surface area contributed by atoms with Crippen molar-refractivity contribution in [2.75, 3.05) is 7.05 Å². The molecule has 1 N–H and O–H groups in total. The van der Waals surface area contributed by atoms with Crippen molar-refractivity contribution in [1.29, 1.82) is 0 Å². The monoisotopic (exact) mass is 297 g/mol. The third-order valence-electron chi connectivity index (χ3n) is 3.71. The van der Waals surface area contributed by atoms with E-state index in [9.17, 15) is 0 Å². The van der Waals surface area contributed by atoms with Gasteiger partial charge in [0.15, 0.2) is 5.76 Å². The van der Waals surface area contributed by atoms with Gasteiger partial charge in [-0.3, -0.25) is 20.0 Å². The first-order valence-corrected chi connectivity index (χ1v) is 7.26. The molecule has 0 saturated carbocycles. The minimum atomic E-state index is 0.345. The first-order chi connectivity index (χ1) is 10.7. The number of aromatic amines is 1. The molecular formula is C16H19N5O. The van der Waals surface area contributed by atoms with Crippen molar-refractivity contribution in [2.45, 2.75) is 25.9 Å². The fraction of sp³-hybridized carbons (Fsp3) is 0.312. The molecule has 0 aliphatic heterocycles. The smallest absolute Gasteiger partial charge is 0.152 e. The van der Waals surface area contributed by atoms with Gasteiger partial charge in [0.2, 0.25) is 0 Å². The summed E-state index contributed by atoms with van der Waals surface area (Å²) in [5.74, 6) is 1.74. The van der Waals surface area contributed by atoms with Crippen LogP contribution >= 0.6 is 0 Å². The van der Waals surface area contributed by atoms with Crippen molar-refractivity contribution in [3.8, 4) is 11.5 Å². The maximum Gasteiger partial charge on any atom is 0.152 e. The molecule has 0 amide bonds. The van der Waals surface area contributed by atoms with E-state index in [0.717, 1.165) is 35.9 Å². The Bertz CT molecular complexity index is 692. The SMILES string of the molecule is C[C@H](Cc1cnccn1)N(C)Cc1ccc(-c2ccn[nH]2)o1. The van der Waals surface area contributed by atoms with Gasteiger partial charge in [0.25, 0.3) is 0 Å². The van der Waals surface area contributed by atoms with E-state index < -0.39 is 0 Å². The molecule has 1 atom stereocenters. The van der Waals surface area contributed by atoms with Crippen LogP contribution in [0.25, 0.3) is 11.5 Å². The van der Waals surface area contributed by atoms with E-state index in [2.05, 4.69) is 39.0 Å². The number of hydrogen-bond acceptors (Lipinski definition) is 5. The van der Waals surface area contributed by atoms with Crippen molar-refractivity contribution < 1.29 is 4.42 Å². The summed E-state index contributed by atoms with van der Waals surface area (Å²) in [5.41, 5.74) is 1.89. The molecule has 6 nitrogen and oxygen atoms in total. The molecule has 0 bridgehead atoms. The van der Waals surface area contributed by atoms with E-state index in [1.165, 1.54) is 0 Å². The molecule has 0 saturated heterocycles. The summed E-state index contributed by atoms with van der Waals surface area (Å²) in [6, 6.07) is 6.20. The Morgan fingerprint density at radius 1 is 1.23 bits per heavy atom. The Morgan fingerprint density at radius 2 is 2.14 bits per heavy atom. The highest BCUT2D eigenvalue weighted by Crippen LogP contribution is 2.20. The van der Waals surface area contributed by atoms with E-state index in [1.807, 2.05) is 24.4 Å². The summed E-state index contributed by atoms with van der Waals surface area (Å²) < 4.78 is 5.86. The average Bonchev–Trinajstić information content (AvgIpc) is 3.19. The quantitative estimate of drug-likeness (QED) is 0.757. The van der Waals surface area contributed by atoms with Gasteiger partial charge in [-0.25, -0.2) is 0 Å². The van der Waals surface area contributed by atoms with Gasteiger partial charge in [0.1, 0.15) is 11.5 Å². The standard InChI is InChI=1S/C16H19N5O/c1-12(9-13-10-17-7-8-18-13)21(2)11-14-3-4-16(22-14)15-5-6-19-20-15/h3-8,10,12H,9,11H2,1-2H3,(H,19,20)/t12-/m1/s1. The number of nitrogens with zero attached hydrogens (tertiary/aromatic N) is 4. The van der Waals surface area contributed by atoms with Gasteiger partial charge < -0.3 is 4.42 Å². The Labute approximate surface area is 129 Å². The Kier molecular flexibility index (Phi) is 4.29. The van der Waals surface area contributed by atoms with Crippen LogP contribution in [0.5, 0.6) is 0 Å². The number of H-pyrrole nitrogens is 1. The molecule has 22 heavy (non-hydrogen) atoms. The van der Waals surface area contributed by atoms with Gasteiger partial charge in [0.05, 0.1) is 12.2 Å². The van der Waals surface area contributed by atoms with Crippen LogP contribution in [0.3, 0.4) is 0 Å². The van der Waals surface area contributed by atoms with Gasteiger partial charge in [-0.15, -0.1) is 0 Å². The minimum absolute atomic E-state index is 0.345. The van der Waals surface area contributed by atoms with Crippen molar-refractivity contribution in [2.24, 2.45) is 0 Å². The molecule has 0 aromatic carbocycles. The third kappa shape index (κ3) is 3.40. The van der Waals surface area contributed by atoms with Crippen molar-refractivity contribution in [1.82, 2.24) is 25.1 Å². The lowest BCUT2D eigenvalue weighted by atomic mass is 10.1. The number of hydrogen-bond donors (Lipinski definition) is 1. The molecular weight excluding hydrogens is 278 g/mol. The third-order valence-corrected chi connectivity index (χ3v) is 3.71. The molecule has 114 valence electrons. The fourth-order valence-electron chi connectivity index (χ4n) is 2.30. The highest BCUT2D eigenvalue weighted by atomic mass is 16.3. The van der Waals surface area contributed by atoms with Crippen LogP contribution in [0.15, 0.2) is 47.4 Å². The summed E-state index contributed by atoms with van der Waals surface area (Å²) in [4.78, 5) is 10.7. The molecule has 0 unspecified atom stereocenters. The molecule has 0 aliphatic carbocycles. The van der Waals surface area contributed by atoms with Gasteiger partial charge in [-0.1, -0.05) is 0 Å². The summed E-state index contributed by atoms with van der Waals surface area (Å²) in [6.45, 7) is 2.92. The second kappa shape index (κ2) is 6.53. The Hall–Kier alpha value is -2.47. The predicted octanol–water partition coefficient (Wildman–Crippen LogP) is 2.52. The van der Waals surface area contributed by atoms with Crippen molar-refractivity contribution in [3.05, 3.63) is 54.4 Å². The molecule has 3 rings (SSSR count).